The van der Waals surface area contributed by atoms with Gasteiger partial charge in [0.1, 0.15) is 5.82 Å². The lowest BCUT2D eigenvalue weighted by molar-refractivity contribution is -0.125. The molecule has 2 aromatic rings. The van der Waals surface area contributed by atoms with Crippen molar-refractivity contribution in [2.75, 3.05) is 0 Å². The molecule has 0 saturated carbocycles. The third-order valence-electron chi connectivity index (χ3n) is 2.04. The molecular formula is C11H12N4O2. The molecule has 88 valence electrons. The molecule has 0 atom stereocenters. The van der Waals surface area contributed by atoms with E-state index in [9.17, 15) is 4.79 Å². The molecule has 6 heteroatoms. The molecule has 2 rings (SSSR count). The molecule has 0 radical (unpaired) electrons. The lowest BCUT2D eigenvalue weighted by Crippen LogP contribution is -2.24. The van der Waals surface area contributed by atoms with Crippen molar-refractivity contribution in [1.82, 2.24) is 20.4 Å². The number of aromatic amines is 1. The van der Waals surface area contributed by atoms with Crippen molar-refractivity contribution < 1.29 is 9.63 Å². The van der Waals surface area contributed by atoms with E-state index in [1.807, 2.05) is 0 Å². The van der Waals surface area contributed by atoms with Crippen LogP contribution < -0.4 is 10.3 Å². The molecule has 0 aromatic carbocycles. The molecule has 0 aliphatic heterocycles. The van der Waals surface area contributed by atoms with Crippen LogP contribution in [0, 0.1) is 0 Å². The van der Waals surface area contributed by atoms with Gasteiger partial charge in [-0.1, -0.05) is 0 Å². The number of H-pyrrole nitrogens is 1. The molecule has 0 saturated heterocycles. The second-order valence-corrected chi connectivity index (χ2v) is 3.42. The topological polar surface area (TPSA) is 79.9 Å². The van der Waals surface area contributed by atoms with Crippen LogP contribution in [0.25, 0.3) is 0 Å². The molecule has 17 heavy (non-hydrogen) atoms. The van der Waals surface area contributed by atoms with Crippen molar-refractivity contribution >= 4 is 5.91 Å². The summed E-state index contributed by atoms with van der Waals surface area (Å²) in [6.07, 6.45) is 5.60. The van der Waals surface area contributed by atoms with Gasteiger partial charge in [0.05, 0.1) is 12.1 Å². The lowest BCUT2D eigenvalue weighted by Gasteiger charge is -2.08. The van der Waals surface area contributed by atoms with Crippen LogP contribution in [-0.2, 0) is 11.2 Å². The number of hydrogen-bond acceptors (Lipinski definition) is 4. The molecule has 0 aliphatic carbocycles. The average Bonchev–Trinajstić information content (AvgIpc) is 2.80. The van der Waals surface area contributed by atoms with E-state index in [0.29, 0.717) is 17.9 Å². The maximum Gasteiger partial charge on any atom is 0.249 e. The van der Waals surface area contributed by atoms with E-state index < -0.39 is 0 Å². The predicted octanol–water partition coefficient (Wildman–Crippen LogP) is 0.825. The Hall–Kier alpha value is -2.37. The van der Waals surface area contributed by atoms with Gasteiger partial charge in [-0.05, 0) is 12.1 Å². The van der Waals surface area contributed by atoms with Crippen LogP contribution in [0.15, 0.2) is 30.7 Å². The minimum atomic E-state index is -0.266. The van der Waals surface area contributed by atoms with E-state index >= 15 is 0 Å². The molecule has 2 aromatic heterocycles. The van der Waals surface area contributed by atoms with Crippen molar-refractivity contribution in [3.8, 4) is 5.75 Å². The van der Waals surface area contributed by atoms with Gasteiger partial charge in [-0.2, -0.15) is 5.48 Å². The smallest absolute Gasteiger partial charge is 0.249 e. The highest BCUT2D eigenvalue weighted by atomic mass is 16.7. The van der Waals surface area contributed by atoms with Crippen LogP contribution in [0.1, 0.15) is 18.4 Å². The Labute approximate surface area is 98.0 Å². The summed E-state index contributed by atoms with van der Waals surface area (Å²) in [6, 6.07) is 3.48. The van der Waals surface area contributed by atoms with Crippen LogP contribution in [0.5, 0.6) is 5.75 Å². The van der Waals surface area contributed by atoms with Crippen molar-refractivity contribution in [1.29, 1.82) is 0 Å². The van der Waals surface area contributed by atoms with Gasteiger partial charge in [-0.3, -0.25) is 9.78 Å². The number of aromatic nitrogens is 3. The second-order valence-electron chi connectivity index (χ2n) is 3.42. The summed E-state index contributed by atoms with van der Waals surface area (Å²) in [5.41, 5.74) is 2.98. The Bertz CT molecular complexity index is 496. The van der Waals surface area contributed by atoms with E-state index in [-0.39, 0.29) is 5.91 Å². The standard InChI is InChI=1S/C11H12N4O2/c1-8(16)15-17-10-3-2-4-12-9(10)7-11-13-5-6-14-11/h2-6H,7H2,1H3,(H,13,14)(H,15,16). The number of nitrogens with zero attached hydrogens (tertiary/aromatic N) is 2. The Kier molecular flexibility index (Phi) is 3.34. The second kappa shape index (κ2) is 5.11. The van der Waals surface area contributed by atoms with Crippen LogP contribution in [0.4, 0.5) is 0 Å². The van der Waals surface area contributed by atoms with E-state index in [1.54, 1.807) is 30.7 Å². The zero-order valence-corrected chi connectivity index (χ0v) is 9.30. The third kappa shape index (κ3) is 3.04. The van der Waals surface area contributed by atoms with E-state index in [2.05, 4.69) is 20.4 Å². The Morgan fingerprint density at radius 1 is 1.47 bits per heavy atom. The number of imidazole rings is 1. The van der Waals surface area contributed by atoms with Gasteiger partial charge >= 0.3 is 0 Å². The molecule has 0 aliphatic rings. The van der Waals surface area contributed by atoms with Crippen molar-refractivity contribution in [2.45, 2.75) is 13.3 Å². The number of hydroxylamine groups is 1. The monoisotopic (exact) mass is 232 g/mol. The van der Waals surface area contributed by atoms with Gasteiger partial charge < -0.3 is 9.82 Å². The summed E-state index contributed by atoms with van der Waals surface area (Å²) in [7, 11) is 0. The summed E-state index contributed by atoms with van der Waals surface area (Å²) < 4.78 is 0. The van der Waals surface area contributed by atoms with Gasteiger partial charge in [0.25, 0.3) is 0 Å². The van der Waals surface area contributed by atoms with Crippen LogP contribution >= 0.6 is 0 Å². The van der Waals surface area contributed by atoms with Gasteiger partial charge in [-0.25, -0.2) is 4.98 Å². The van der Waals surface area contributed by atoms with Gasteiger partial charge in [0.2, 0.25) is 5.91 Å². The summed E-state index contributed by atoms with van der Waals surface area (Å²) in [5.74, 6) is 1.04. The molecule has 2 heterocycles. The molecule has 2 N–H and O–H groups in total. The number of nitrogens with one attached hydrogen (secondary N) is 2. The number of amides is 1. The SMILES string of the molecule is CC(=O)NOc1cccnc1Cc1ncc[nH]1. The van der Waals surface area contributed by atoms with Crippen LogP contribution in [0.3, 0.4) is 0 Å². The number of carbonyl (C=O) groups is 1. The number of pyridine rings is 1. The first-order valence-electron chi connectivity index (χ1n) is 5.11. The first-order valence-corrected chi connectivity index (χ1v) is 5.11. The Morgan fingerprint density at radius 3 is 3.06 bits per heavy atom. The summed E-state index contributed by atoms with van der Waals surface area (Å²) in [4.78, 5) is 27.2. The van der Waals surface area contributed by atoms with E-state index in [4.69, 9.17) is 4.84 Å². The molecular weight excluding hydrogens is 220 g/mol. The lowest BCUT2D eigenvalue weighted by atomic mass is 10.2. The highest BCUT2D eigenvalue weighted by Gasteiger charge is 2.08. The first kappa shape index (κ1) is 11.1. The molecule has 0 unspecified atom stereocenters. The number of rotatable bonds is 4. The fraction of sp³-hybridized carbons (Fsp3) is 0.182. The largest absolute Gasteiger partial charge is 0.378 e. The minimum Gasteiger partial charge on any atom is -0.378 e. The van der Waals surface area contributed by atoms with Crippen molar-refractivity contribution in [2.24, 2.45) is 0 Å². The normalized spacial score (nSPS) is 9.94. The maximum absolute atomic E-state index is 10.8. The molecule has 1 amide bonds. The van der Waals surface area contributed by atoms with Gasteiger partial charge in [0, 0.05) is 25.5 Å². The zero-order valence-electron chi connectivity index (χ0n) is 9.30. The van der Waals surface area contributed by atoms with Gasteiger partial charge in [-0.15, -0.1) is 0 Å². The highest BCUT2D eigenvalue weighted by Crippen LogP contribution is 2.16. The molecule has 0 spiro atoms. The summed E-state index contributed by atoms with van der Waals surface area (Å²) >= 11 is 0. The van der Waals surface area contributed by atoms with Crippen LogP contribution in [-0.4, -0.2) is 20.9 Å². The molecule has 0 bridgehead atoms. The minimum absolute atomic E-state index is 0.266. The maximum atomic E-state index is 10.8. The summed E-state index contributed by atoms with van der Waals surface area (Å²) in [6.45, 7) is 1.38. The molecule has 0 fully saturated rings. The fourth-order valence-electron chi connectivity index (χ4n) is 1.33. The van der Waals surface area contributed by atoms with E-state index in [0.717, 1.165) is 5.82 Å². The zero-order chi connectivity index (χ0) is 12.1. The van der Waals surface area contributed by atoms with Crippen molar-refractivity contribution in [3.05, 3.63) is 42.2 Å². The van der Waals surface area contributed by atoms with Crippen molar-refractivity contribution in [3.63, 3.8) is 0 Å². The fourth-order valence-corrected chi connectivity index (χ4v) is 1.33. The highest BCUT2D eigenvalue weighted by molar-refractivity contribution is 5.71. The average molecular weight is 232 g/mol. The van der Waals surface area contributed by atoms with Crippen LogP contribution in [0.2, 0.25) is 0 Å². The summed E-state index contributed by atoms with van der Waals surface area (Å²) in [5, 5.41) is 0. The quantitative estimate of drug-likeness (QED) is 0.765. The number of hydrogen-bond donors (Lipinski definition) is 2. The molecule has 6 nitrogen and oxygen atoms in total. The Balaban J connectivity index is 2.13. The van der Waals surface area contributed by atoms with Gasteiger partial charge in [0.15, 0.2) is 5.75 Å². The predicted molar refractivity (Wildman–Crippen MR) is 60.1 cm³/mol. The van der Waals surface area contributed by atoms with E-state index in [1.165, 1.54) is 6.92 Å². The first-order chi connectivity index (χ1) is 8.25. The Morgan fingerprint density at radius 2 is 2.35 bits per heavy atom. The number of carbonyl (C=O) groups excluding carboxylic acids is 1. The third-order valence-corrected chi connectivity index (χ3v) is 2.04.